The fraction of sp³-hybridized carbons (Fsp3) is 0.450. The van der Waals surface area contributed by atoms with Crippen molar-refractivity contribution >= 4 is 17.2 Å². The van der Waals surface area contributed by atoms with E-state index in [9.17, 15) is 4.79 Å². The highest BCUT2D eigenvalue weighted by Gasteiger charge is 2.19. The highest BCUT2D eigenvalue weighted by molar-refractivity contribution is 7.12. The number of nitrogens with one attached hydrogen (secondary N) is 1. The van der Waals surface area contributed by atoms with Gasteiger partial charge in [-0.15, -0.1) is 11.3 Å². The van der Waals surface area contributed by atoms with Crippen LogP contribution < -0.4 is 10.1 Å². The van der Waals surface area contributed by atoms with Crippen LogP contribution in [-0.4, -0.2) is 37.0 Å². The first kappa shape index (κ1) is 18.0. The Bertz CT molecular complexity index is 713. The number of aryl methyl sites for hydroxylation is 2. The molecule has 3 rings (SSSR count). The summed E-state index contributed by atoms with van der Waals surface area (Å²) in [6.45, 7) is 6.71. The lowest BCUT2D eigenvalue weighted by atomic mass is 10.1. The third-order valence-electron chi connectivity index (χ3n) is 4.53. The Morgan fingerprint density at radius 2 is 1.88 bits per heavy atom. The van der Waals surface area contributed by atoms with E-state index < -0.39 is 0 Å². The SMILES string of the molecule is Cc1cc(C)cc(OCc2csc(C(=O)NC3CCN(C)CC3)c2)c1. The van der Waals surface area contributed by atoms with E-state index in [0.29, 0.717) is 12.6 Å². The summed E-state index contributed by atoms with van der Waals surface area (Å²) in [6.07, 6.45) is 2.05. The van der Waals surface area contributed by atoms with Gasteiger partial charge in [0, 0.05) is 11.6 Å². The van der Waals surface area contributed by atoms with Gasteiger partial charge < -0.3 is 15.0 Å². The van der Waals surface area contributed by atoms with Gasteiger partial charge in [0.2, 0.25) is 0 Å². The maximum absolute atomic E-state index is 12.4. The minimum absolute atomic E-state index is 0.0391. The van der Waals surface area contributed by atoms with Crippen molar-refractivity contribution in [3.05, 3.63) is 51.2 Å². The second kappa shape index (κ2) is 8.02. The predicted molar refractivity (Wildman–Crippen MR) is 103 cm³/mol. The first-order valence-corrected chi connectivity index (χ1v) is 9.65. The molecular formula is C20H26N2O2S. The number of amides is 1. The van der Waals surface area contributed by atoms with Crippen molar-refractivity contribution in [3.63, 3.8) is 0 Å². The molecule has 0 atom stereocenters. The zero-order chi connectivity index (χ0) is 17.8. The summed E-state index contributed by atoms with van der Waals surface area (Å²) in [7, 11) is 2.12. The summed E-state index contributed by atoms with van der Waals surface area (Å²) >= 11 is 1.49. The normalized spacial score (nSPS) is 16.0. The predicted octanol–water partition coefficient (Wildman–Crippen LogP) is 3.77. The second-order valence-corrected chi connectivity index (χ2v) is 7.89. The fourth-order valence-electron chi connectivity index (χ4n) is 3.16. The lowest BCUT2D eigenvalue weighted by Crippen LogP contribution is -2.43. The van der Waals surface area contributed by atoms with Gasteiger partial charge in [-0.1, -0.05) is 6.07 Å². The van der Waals surface area contributed by atoms with Crippen LogP contribution in [0.4, 0.5) is 0 Å². The topological polar surface area (TPSA) is 41.6 Å². The molecule has 0 saturated carbocycles. The number of carbonyl (C=O) groups is 1. The lowest BCUT2D eigenvalue weighted by molar-refractivity contribution is 0.0921. The zero-order valence-electron chi connectivity index (χ0n) is 15.2. The van der Waals surface area contributed by atoms with Gasteiger partial charge in [-0.3, -0.25) is 4.79 Å². The van der Waals surface area contributed by atoms with Crippen LogP contribution in [-0.2, 0) is 6.61 Å². The van der Waals surface area contributed by atoms with E-state index in [1.54, 1.807) is 0 Å². The maximum atomic E-state index is 12.4. The molecule has 1 N–H and O–H groups in total. The van der Waals surface area contributed by atoms with Crippen LogP contribution >= 0.6 is 11.3 Å². The molecule has 2 heterocycles. The van der Waals surface area contributed by atoms with Crippen LogP contribution in [0.3, 0.4) is 0 Å². The summed E-state index contributed by atoms with van der Waals surface area (Å²) in [6, 6.07) is 8.43. The Morgan fingerprint density at radius 1 is 1.20 bits per heavy atom. The number of ether oxygens (including phenoxy) is 1. The molecule has 134 valence electrons. The van der Waals surface area contributed by atoms with E-state index in [1.165, 1.54) is 22.5 Å². The molecule has 4 nitrogen and oxygen atoms in total. The number of rotatable bonds is 5. The van der Waals surface area contributed by atoms with Crippen LogP contribution in [0.2, 0.25) is 0 Å². The van der Waals surface area contributed by atoms with E-state index in [2.05, 4.69) is 37.2 Å². The molecule has 1 saturated heterocycles. The van der Waals surface area contributed by atoms with Gasteiger partial charge in [-0.25, -0.2) is 0 Å². The van der Waals surface area contributed by atoms with E-state index in [-0.39, 0.29) is 5.91 Å². The number of thiophene rings is 1. The summed E-state index contributed by atoms with van der Waals surface area (Å²) in [5.41, 5.74) is 3.43. The van der Waals surface area contributed by atoms with E-state index >= 15 is 0 Å². The highest BCUT2D eigenvalue weighted by atomic mass is 32.1. The first-order valence-electron chi connectivity index (χ1n) is 8.77. The van der Waals surface area contributed by atoms with Crippen molar-refractivity contribution in [2.24, 2.45) is 0 Å². The van der Waals surface area contributed by atoms with Crippen molar-refractivity contribution in [2.75, 3.05) is 20.1 Å². The molecule has 0 bridgehead atoms. The molecule has 0 radical (unpaired) electrons. The Hall–Kier alpha value is -1.85. The molecule has 0 unspecified atom stereocenters. The Kier molecular flexibility index (Phi) is 5.76. The molecule has 1 aromatic carbocycles. The lowest BCUT2D eigenvalue weighted by Gasteiger charge is -2.29. The van der Waals surface area contributed by atoms with Gasteiger partial charge in [0.25, 0.3) is 5.91 Å². The van der Waals surface area contributed by atoms with Gasteiger partial charge in [-0.2, -0.15) is 0 Å². The van der Waals surface area contributed by atoms with Crippen molar-refractivity contribution in [1.29, 1.82) is 0 Å². The first-order chi connectivity index (χ1) is 12.0. The number of benzene rings is 1. The average Bonchev–Trinajstić information content (AvgIpc) is 3.03. The highest BCUT2D eigenvalue weighted by Crippen LogP contribution is 2.20. The summed E-state index contributed by atoms with van der Waals surface area (Å²) < 4.78 is 5.88. The van der Waals surface area contributed by atoms with Crippen LogP contribution in [0.15, 0.2) is 29.6 Å². The van der Waals surface area contributed by atoms with Crippen LogP contribution in [0, 0.1) is 13.8 Å². The van der Waals surface area contributed by atoms with Gasteiger partial charge in [0.15, 0.2) is 0 Å². The minimum atomic E-state index is 0.0391. The smallest absolute Gasteiger partial charge is 0.261 e. The van der Waals surface area contributed by atoms with E-state index in [0.717, 1.165) is 42.1 Å². The monoisotopic (exact) mass is 358 g/mol. The second-order valence-electron chi connectivity index (χ2n) is 6.98. The van der Waals surface area contributed by atoms with Crippen LogP contribution in [0.5, 0.6) is 5.75 Å². The van der Waals surface area contributed by atoms with Crippen molar-refractivity contribution in [3.8, 4) is 5.75 Å². The maximum Gasteiger partial charge on any atom is 0.261 e. The molecule has 1 aliphatic heterocycles. The molecule has 5 heteroatoms. The summed E-state index contributed by atoms with van der Waals surface area (Å²) in [4.78, 5) is 15.5. The average molecular weight is 359 g/mol. The number of nitrogens with zero attached hydrogens (tertiary/aromatic N) is 1. The number of hydrogen-bond acceptors (Lipinski definition) is 4. The Labute approximate surface area is 153 Å². The molecule has 1 aromatic heterocycles. The number of carbonyl (C=O) groups excluding carboxylic acids is 1. The third-order valence-corrected chi connectivity index (χ3v) is 5.51. The molecule has 0 aliphatic carbocycles. The third kappa shape index (κ3) is 5.06. The molecule has 2 aromatic rings. The number of likely N-dealkylation sites (tertiary alicyclic amines) is 1. The van der Waals surface area contributed by atoms with Crippen molar-refractivity contribution in [2.45, 2.75) is 39.3 Å². The standard InChI is InChI=1S/C20H26N2O2S/c1-14-8-15(2)10-18(9-14)24-12-16-11-19(25-13-16)20(23)21-17-4-6-22(3)7-5-17/h8-11,13,17H,4-7,12H2,1-3H3,(H,21,23). The van der Waals surface area contributed by atoms with Crippen LogP contribution in [0.25, 0.3) is 0 Å². The van der Waals surface area contributed by atoms with Gasteiger partial charge in [0.05, 0.1) is 4.88 Å². The molecule has 25 heavy (non-hydrogen) atoms. The zero-order valence-corrected chi connectivity index (χ0v) is 16.0. The Morgan fingerprint density at radius 3 is 2.56 bits per heavy atom. The van der Waals surface area contributed by atoms with Gasteiger partial charge >= 0.3 is 0 Å². The van der Waals surface area contributed by atoms with Crippen molar-refractivity contribution in [1.82, 2.24) is 10.2 Å². The number of hydrogen-bond donors (Lipinski definition) is 1. The summed E-state index contributed by atoms with van der Waals surface area (Å²) in [5.74, 6) is 0.915. The molecule has 0 spiro atoms. The molecular weight excluding hydrogens is 332 g/mol. The van der Waals surface area contributed by atoms with Crippen LogP contribution in [0.1, 0.15) is 39.2 Å². The summed E-state index contributed by atoms with van der Waals surface area (Å²) in [5, 5.41) is 5.17. The molecule has 1 fully saturated rings. The fourth-order valence-corrected chi connectivity index (χ4v) is 3.96. The van der Waals surface area contributed by atoms with Crippen molar-refractivity contribution < 1.29 is 9.53 Å². The van der Waals surface area contributed by atoms with E-state index in [4.69, 9.17) is 4.74 Å². The van der Waals surface area contributed by atoms with Gasteiger partial charge in [-0.05, 0) is 81.5 Å². The quantitative estimate of drug-likeness (QED) is 0.885. The minimum Gasteiger partial charge on any atom is -0.489 e. The number of piperidine rings is 1. The Balaban J connectivity index is 1.53. The largest absolute Gasteiger partial charge is 0.489 e. The van der Waals surface area contributed by atoms with Gasteiger partial charge in [0.1, 0.15) is 12.4 Å². The molecule has 1 aliphatic rings. The van der Waals surface area contributed by atoms with E-state index in [1.807, 2.05) is 23.6 Å². The molecule has 1 amide bonds.